The van der Waals surface area contributed by atoms with Crippen molar-refractivity contribution in [1.29, 1.82) is 0 Å². The molecule has 0 unspecified atom stereocenters. The van der Waals surface area contributed by atoms with Gasteiger partial charge in [0.25, 0.3) is 0 Å². The van der Waals surface area contributed by atoms with Gasteiger partial charge in [0.15, 0.2) is 5.78 Å². The summed E-state index contributed by atoms with van der Waals surface area (Å²) in [4.78, 5) is 30.7. The van der Waals surface area contributed by atoms with Gasteiger partial charge in [0, 0.05) is 42.5 Å². The second kappa shape index (κ2) is 17.8. The Hall–Kier alpha value is -4.76. The summed E-state index contributed by atoms with van der Waals surface area (Å²) in [5.41, 5.74) is 4.72. The average molecular weight is 745 g/mol. The number of aliphatic hydroxyl groups excluding tert-OH is 1. The number of benzene rings is 4. The van der Waals surface area contributed by atoms with Gasteiger partial charge < -0.3 is 29.9 Å². The Balaban J connectivity index is 1.41. The third kappa shape index (κ3) is 9.04. The van der Waals surface area contributed by atoms with E-state index in [1.807, 2.05) is 66.7 Å². The Bertz CT molecular complexity index is 1960. The summed E-state index contributed by atoms with van der Waals surface area (Å²) in [6, 6.07) is 30.7. The lowest BCUT2D eigenvalue weighted by Crippen LogP contribution is -2.54. The molecule has 8 nitrogen and oxygen atoms in total. The molecular formula is C47H56N2O6. The van der Waals surface area contributed by atoms with Gasteiger partial charge in [-0.25, -0.2) is 4.79 Å². The first-order valence-electron chi connectivity index (χ1n) is 19.6. The summed E-state index contributed by atoms with van der Waals surface area (Å²) in [5.74, 6) is 0.436. The largest absolute Gasteiger partial charge is 0.497 e. The van der Waals surface area contributed by atoms with Crippen molar-refractivity contribution in [3.8, 4) is 16.9 Å². The van der Waals surface area contributed by atoms with Gasteiger partial charge in [-0.1, -0.05) is 85.3 Å². The van der Waals surface area contributed by atoms with E-state index in [1.54, 1.807) is 43.4 Å². The van der Waals surface area contributed by atoms with Gasteiger partial charge in [0.2, 0.25) is 0 Å². The van der Waals surface area contributed by atoms with Crippen molar-refractivity contribution in [3.63, 3.8) is 0 Å². The number of nitrogens with one attached hydrogen (secondary N) is 1. The Kier molecular flexibility index (Phi) is 12.9. The molecule has 0 heterocycles. The number of nitrogens with zero attached hydrogens (tertiary/aromatic N) is 1. The zero-order valence-electron chi connectivity index (χ0n) is 32.7. The average Bonchev–Trinajstić information content (AvgIpc) is 3.45. The highest BCUT2D eigenvalue weighted by Crippen LogP contribution is 2.59. The molecule has 55 heavy (non-hydrogen) atoms. The van der Waals surface area contributed by atoms with Crippen LogP contribution >= 0.6 is 0 Å². The number of anilines is 1. The summed E-state index contributed by atoms with van der Waals surface area (Å²) >= 11 is 0. The number of urea groups is 1. The lowest BCUT2D eigenvalue weighted by atomic mass is 9.64. The van der Waals surface area contributed by atoms with Crippen LogP contribution in [-0.2, 0) is 11.2 Å². The van der Waals surface area contributed by atoms with E-state index < -0.39 is 17.1 Å². The quantitative estimate of drug-likeness (QED) is 0.0803. The number of hydrogen-bond donors (Lipinski definition) is 3. The summed E-state index contributed by atoms with van der Waals surface area (Å²) in [5, 5.41) is 27.2. The maximum Gasteiger partial charge on any atom is 0.321 e. The number of rotatable bonds is 11. The zero-order chi connectivity index (χ0) is 39.0. The van der Waals surface area contributed by atoms with Gasteiger partial charge in [0.05, 0.1) is 25.4 Å². The van der Waals surface area contributed by atoms with Crippen molar-refractivity contribution in [2.24, 2.45) is 5.41 Å². The number of aliphatic hydroxyl groups is 2. The molecule has 3 aliphatic rings. The van der Waals surface area contributed by atoms with E-state index in [9.17, 15) is 19.8 Å². The lowest BCUT2D eigenvalue weighted by molar-refractivity contribution is -0.0767. The maximum absolute atomic E-state index is 15.0. The molecule has 8 heteroatoms. The Morgan fingerprint density at radius 3 is 2.40 bits per heavy atom. The third-order valence-electron chi connectivity index (χ3n) is 12.0. The number of ketones is 1. The fourth-order valence-electron chi connectivity index (χ4n) is 8.74. The number of hydrogen-bond acceptors (Lipinski definition) is 6. The molecule has 0 aliphatic heterocycles. The van der Waals surface area contributed by atoms with Gasteiger partial charge in [-0.2, -0.15) is 0 Å². The fourth-order valence-corrected chi connectivity index (χ4v) is 8.74. The van der Waals surface area contributed by atoms with Crippen molar-refractivity contribution in [1.82, 2.24) is 4.90 Å². The number of fused-ring (bicyclic) bond motifs is 8. The molecule has 3 N–H and O–H groups in total. The highest BCUT2D eigenvalue weighted by atomic mass is 16.5. The number of carbonyl (C=O) groups excluding carboxylic acids is 2. The van der Waals surface area contributed by atoms with Crippen molar-refractivity contribution >= 4 is 17.5 Å². The molecule has 0 spiro atoms. The summed E-state index contributed by atoms with van der Waals surface area (Å²) in [6.07, 6.45) is 6.60. The smallest absolute Gasteiger partial charge is 0.321 e. The first-order valence-corrected chi connectivity index (χ1v) is 19.6. The van der Waals surface area contributed by atoms with Crippen LogP contribution in [-0.4, -0.2) is 72.5 Å². The highest BCUT2D eigenvalue weighted by molar-refractivity contribution is 6.13. The number of methoxy groups -OCH3 is 2. The molecule has 1 fully saturated rings. The van der Waals surface area contributed by atoms with E-state index in [2.05, 4.69) is 31.3 Å². The van der Waals surface area contributed by atoms with Gasteiger partial charge in [-0.05, 0) is 117 Å². The molecule has 4 aromatic rings. The van der Waals surface area contributed by atoms with E-state index in [0.717, 1.165) is 35.1 Å². The van der Waals surface area contributed by atoms with Crippen LogP contribution in [0.5, 0.6) is 5.75 Å². The maximum atomic E-state index is 15.0. The minimum Gasteiger partial charge on any atom is -0.497 e. The van der Waals surface area contributed by atoms with E-state index in [1.165, 1.54) is 5.57 Å². The molecule has 0 radical (unpaired) electrons. The number of amides is 2. The van der Waals surface area contributed by atoms with Crippen LogP contribution in [0.4, 0.5) is 10.5 Å². The van der Waals surface area contributed by atoms with Crippen LogP contribution in [0.1, 0.15) is 91.8 Å². The molecule has 0 saturated heterocycles. The van der Waals surface area contributed by atoms with Crippen LogP contribution < -0.4 is 10.1 Å². The molecule has 290 valence electrons. The molecule has 3 aliphatic carbocycles. The van der Waals surface area contributed by atoms with Gasteiger partial charge >= 0.3 is 6.03 Å². The molecule has 2 amide bonds. The Morgan fingerprint density at radius 1 is 0.909 bits per heavy atom. The summed E-state index contributed by atoms with van der Waals surface area (Å²) < 4.78 is 10.7. The summed E-state index contributed by atoms with van der Waals surface area (Å²) in [6.45, 7) is 5.26. The third-order valence-corrected chi connectivity index (χ3v) is 12.0. The van der Waals surface area contributed by atoms with Gasteiger partial charge in [-0.15, -0.1) is 0 Å². The minimum absolute atomic E-state index is 0.0773. The van der Waals surface area contributed by atoms with Gasteiger partial charge in [-0.3, -0.25) is 4.79 Å². The van der Waals surface area contributed by atoms with Crippen LogP contribution in [0.15, 0.2) is 109 Å². The summed E-state index contributed by atoms with van der Waals surface area (Å²) in [7, 11) is 3.25. The van der Waals surface area contributed by atoms with Crippen LogP contribution in [0.3, 0.4) is 0 Å². The molecule has 4 atom stereocenters. The van der Waals surface area contributed by atoms with E-state index in [-0.39, 0.29) is 24.3 Å². The second-order valence-electron chi connectivity index (χ2n) is 15.6. The predicted molar refractivity (Wildman–Crippen MR) is 219 cm³/mol. The number of carbonyl (C=O) groups is 2. The Labute approximate surface area is 326 Å². The minimum atomic E-state index is -1.27. The van der Waals surface area contributed by atoms with Crippen LogP contribution in [0.2, 0.25) is 0 Å². The SMILES string of the molecule is COCCCN(C[C@]1(O)CC[C@H]2c3ccc(cc3C(=O)c3ccccc3-c3ccccc3)C[C@@H](O)CCC(C)=CCC[C@@]21C)C(=O)Nc1ccc(OC)cc1. The second-order valence-corrected chi connectivity index (χ2v) is 15.6. The van der Waals surface area contributed by atoms with Crippen molar-refractivity contribution in [2.75, 3.05) is 39.2 Å². The topological polar surface area (TPSA) is 108 Å². The van der Waals surface area contributed by atoms with Crippen molar-refractivity contribution in [2.45, 2.75) is 82.8 Å². The normalized spacial score (nSPS) is 22.6. The molecular weight excluding hydrogens is 689 g/mol. The first-order chi connectivity index (χ1) is 26.5. The Morgan fingerprint density at radius 2 is 1.65 bits per heavy atom. The number of allylic oxidation sites excluding steroid dienone is 2. The molecule has 4 aromatic carbocycles. The van der Waals surface area contributed by atoms with Crippen molar-refractivity contribution < 1.29 is 29.3 Å². The van der Waals surface area contributed by atoms with Gasteiger partial charge in [0.1, 0.15) is 5.75 Å². The van der Waals surface area contributed by atoms with E-state index >= 15 is 0 Å². The fraction of sp³-hybridized carbons (Fsp3) is 0.404. The van der Waals surface area contributed by atoms with E-state index in [0.29, 0.717) is 74.2 Å². The first kappa shape index (κ1) is 39.9. The number of ether oxygens (including phenoxy) is 2. The van der Waals surface area contributed by atoms with Crippen LogP contribution in [0.25, 0.3) is 11.1 Å². The monoisotopic (exact) mass is 744 g/mol. The predicted octanol–water partition coefficient (Wildman–Crippen LogP) is 9.20. The van der Waals surface area contributed by atoms with Crippen molar-refractivity contribution in [3.05, 3.63) is 131 Å². The molecule has 2 bridgehead atoms. The molecule has 7 rings (SSSR count). The molecule has 1 saturated carbocycles. The standard InChI is InChI=1S/C47H56N2O6/c1-33-12-10-26-46(2)43(25-27-47(46,53)32-49(28-11-29-54-3)45(52)48-36-19-22-38(55-4)23-20-36)40-24-18-34(30-37(50)21-17-33)31-42(40)44(51)41-16-9-8-15-39(41)35-13-6-5-7-14-35/h5-9,12-16,18-20,22-24,31,37,43,50,53H,10-11,17,21,25-30,32H2,1-4H3,(H,48,52)/t37-,43-,46-,47+/m0/s1. The molecule has 0 aromatic heterocycles. The lowest BCUT2D eigenvalue weighted by Gasteiger charge is -2.46. The van der Waals surface area contributed by atoms with E-state index in [4.69, 9.17) is 9.47 Å². The van der Waals surface area contributed by atoms with Crippen LogP contribution in [0, 0.1) is 5.41 Å². The highest BCUT2D eigenvalue weighted by Gasteiger charge is 2.57. The zero-order valence-corrected chi connectivity index (χ0v) is 32.7.